The van der Waals surface area contributed by atoms with Gasteiger partial charge in [-0.1, -0.05) is 0 Å². The summed E-state index contributed by atoms with van der Waals surface area (Å²) in [5, 5.41) is 0. The van der Waals surface area contributed by atoms with E-state index in [1.165, 1.54) is 0 Å². The molecule has 0 unspecified atom stereocenters. The molecule has 0 bridgehead atoms. The van der Waals surface area contributed by atoms with Crippen molar-refractivity contribution < 1.29 is 4.48 Å². The molecular weight excluding hydrogens is 238 g/mol. The monoisotopic (exact) mass is 266 g/mol. The number of aromatic nitrogens is 2. The van der Waals surface area contributed by atoms with E-state index in [1.807, 2.05) is 11.6 Å². The third kappa shape index (κ3) is 2.77. The van der Waals surface area contributed by atoms with Crippen LogP contribution in [-0.2, 0) is 13.6 Å². The zero-order chi connectivity index (χ0) is 14.4. The van der Waals surface area contributed by atoms with Gasteiger partial charge < -0.3 is 14.8 Å². The number of nitrogens with zero attached hydrogens (tertiary/aromatic N) is 4. The number of likely N-dealkylation sites (N-methyl/N-ethyl adjacent to an activating group) is 1. The molecule has 1 aliphatic heterocycles. The number of likely N-dealkylation sites (tertiary alicyclic amines) is 1. The van der Waals surface area contributed by atoms with Crippen LogP contribution in [0.15, 0.2) is 6.33 Å². The maximum atomic E-state index is 5.95. The van der Waals surface area contributed by atoms with Crippen molar-refractivity contribution in [3.63, 3.8) is 0 Å². The first-order valence-corrected chi connectivity index (χ1v) is 6.94. The summed E-state index contributed by atoms with van der Waals surface area (Å²) in [6.45, 7) is 10.1. The van der Waals surface area contributed by atoms with Crippen molar-refractivity contribution in [1.82, 2.24) is 14.5 Å². The SMILES string of the molecule is Cn1cnc(N)c1C[N+](C)(C)C1CN(C(C)(C)C)C1. The fourth-order valence-corrected chi connectivity index (χ4v) is 2.63. The Bertz CT molecular complexity index is 429. The molecule has 0 saturated carbocycles. The molecule has 1 aromatic rings. The van der Waals surface area contributed by atoms with Crippen LogP contribution in [0, 0.1) is 0 Å². The number of anilines is 1. The largest absolute Gasteiger partial charge is 0.382 e. The van der Waals surface area contributed by atoms with E-state index in [-0.39, 0.29) is 5.54 Å². The number of hydrogen-bond donors (Lipinski definition) is 1. The van der Waals surface area contributed by atoms with Gasteiger partial charge in [0.25, 0.3) is 0 Å². The molecule has 108 valence electrons. The number of hydrogen-bond acceptors (Lipinski definition) is 3. The third-order valence-electron chi connectivity index (χ3n) is 4.45. The Kier molecular flexibility index (Phi) is 3.39. The molecule has 2 rings (SSSR count). The zero-order valence-corrected chi connectivity index (χ0v) is 13.1. The summed E-state index contributed by atoms with van der Waals surface area (Å²) in [6.07, 6.45) is 1.80. The van der Waals surface area contributed by atoms with E-state index in [2.05, 4.69) is 44.8 Å². The molecule has 1 aromatic heterocycles. The second kappa shape index (κ2) is 4.49. The fraction of sp³-hybridized carbons (Fsp3) is 0.786. The first kappa shape index (κ1) is 14.3. The predicted octanol–water partition coefficient (Wildman–Crippen LogP) is 1.06. The summed E-state index contributed by atoms with van der Waals surface area (Å²) >= 11 is 0. The van der Waals surface area contributed by atoms with Crippen molar-refractivity contribution in [2.45, 2.75) is 38.9 Å². The van der Waals surface area contributed by atoms with Crippen LogP contribution >= 0.6 is 0 Å². The predicted molar refractivity (Wildman–Crippen MR) is 78.5 cm³/mol. The fourth-order valence-electron chi connectivity index (χ4n) is 2.63. The van der Waals surface area contributed by atoms with E-state index in [1.54, 1.807) is 6.33 Å². The highest BCUT2D eigenvalue weighted by Crippen LogP contribution is 2.28. The van der Waals surface area contributed by atoms with Crippen molar-refractivity contribution in [2.24, 2.45) is 7.05 Å². The lowest BCUT2D eigenvalue weighted by molar-refractivity contribution is -0.933. The molecule has 2 heterocycles. The van der Waals surface area contributed by atoms with E-state index >= 15 is 0 Å². The molecular formula is C14H28N5+. The Morgan fingerprint density at radius 3 is 2.37 bits per heavy atom. The molecule has 1 aliphatic rings. The Hall–Kier alpha value is -1.07. The minimum absolute atomic E-state index is 0.280. The summed E-state index contributed by atoms with van der Waals surface area (Å²) in [5.41, 5.74) is 7.37. The Morgan fingerprint density at radius 1 is 1.37 bits per heavy atom. The standard InChI is InChI=1S/C14H28N5/c1-14(2,3)18-7-11(8-18)19(5,6)9-12-13(15)16-10-17(12)4/h10-11H,7-9,15H2,1-6H3/q+1. The first-order chi connectivity index (χ1) is 8.61. The minimum atomic E-state index is 0.280. The Morgan fingerprint density at radius 2 is 1.95 bits per heavy atom. The molecule has 5 nitrogen and oxygen atoms in total. The Balaban J connectivity index is 2.01. The van der Waals surface area contributed by atoms with Gasteiger partial charge in [-0.3, -0.25) is 4.90 Å². The number of aryl methyl sites for hydroxylation is 1. The number of nitrogen functional groups attached to an aromatic ring is 1. The molecule has 0 radical (unpaired) electrons. The molecule has 5 heteroatoms. The molecule has 1 fully saturated rings. The highest BCUT2D eigenvalue weighted by molar-refractivity contribution is 5.34. The van der Waals surface area contributed by atoms with Crippen LogP contribution in [0.5, 0.6) is 0 Å². The summed E-state index contributed by atoms with van der Waals surface area (Å²) in [4.78, 5) is 6.71. The second-order valence-electron chi connectivity index (χ2n) is 7.35. The summed E-state index contributed by atoms with van der Waals surface area (Å²) in [6, 6.07) is 0.675. The van der Waals surface area contributed by atoms with Gasteiger partial charge in [-0.05, 0) is 20.8 Å². The van der Waals surface area contributed by atoms with Crippen molar-refractivity contribution in [3.05, 3.63) is 12.0 Å². The van der Waals surface area contributed by atoms with Crippen LogP contribution in [-0.4, -0.2) is 57.7 Å². The van der Waals surface area contributed by atoms with Gasteiger partial charge in [0, 0.05) is 12.6 Å². The first-order valence-electron chi connectivity index (χ1n) is 6.94. The van der Waals surface area contributed by atoms with E-state index in [4.69, 9.17) is 5.73 Å². The van der Waals surface area contributed by atoms with E-state index in [0.29, 0.717) is 11.9 Å². The highest BCUT2D eigenvalue weighted by atomic mass is 15.4. The normalized spacial score (nSPS) is 18.6. The average molecular weight is 266 g/mol. The summed E-state index contributed by atoms with van der Waals surface area (Å²) < 4.78 is 3.01. The quantitative estimate of drug-likeness (QED) is 0.832. The molecule has 0 aliphatic carbocycles. The van der Waals surface area contributed by atoms with Crippen LogP contribution in [0.3, 0.4) is 0 Å². The minimum Gasteiger partial charge on any atom is -0.382 e. The summed E-state index contributed by atoms with van der Waals surface area (Å²) in [7, 11) is 6.59. The van der Waals surface area contributed by atoms with Gasteiger partial charge in [0.2, 0.25) is 0 Å². The molecule has 0 aromatic carbocycles. The highest BCUT2D eigenvalue weighted by Gasteiger charge is 2.43. The van der Waals surface area contributed by atoms with Crippen LogP contribution in [0.25, 0.3) is 0 Å². The Labute approximate surface area is 116 Å². The van der Waals surface area contributed by atoms with E-state index in [0.717, 1.165) is 29.8 Å². The van der Waals surface area contributed by atoms with Gasteiger partial charge in [-0.25, -0.2) is 4.98 Å². The van der Waals surface area contributed by atoms with Crippen molar-refractivity contribution >= 4 is 5.82 Å². The van der Waals surface area contributed by atoms with Crippen LogP contribution in [0.2, 0.25) is 0 Å². The van der Waals surface area contributed by atoms with Crippen molar-refractivity contribution in [1.29, 1.82) is 0 Å². The van der Waals surface area contributed by atoms with Gasteiger partial charge in [-0.15, -0.1) is 0 Å². The zero-order valence-electron chi connectivity index (χ0n) is 13.1. The molecule has 19 heavy (non-hydrogen) atoms. The van der Waals surface area contributed by atoms with Crippen molar-refractivity contribution in [2.75, 3.05) is 32.9 Å². The lowest BCUT2D eigenvalue weighted by Gasteiger charge is -2.53. The van der Waals surface area contributed by atoms with Gasteiger partial charge in [-0.2, -0.15) is 0 Å². The summed E-state index contributed by atoms with van der Waals surface area (Å²) in [5.74, 6) is 0.667. The maximum Gasteiger partial charge on any atom is 0.150 e. The van der Waals surface area contributed by atoms with Gasteiger partial charge >= 0.3 is 0 Å². The van der Waals surface area contributed by atoms with Crippen molar-refractivity contribution in [3.8, 4) is 0 Å². The number of rotatable bonds is 3. The van der Waals surface area contributed by atoms with Gasteiger partial charge in [0.05, 0.1) is 33.5 Å². The number of imidazole rings is 1. The molecule has 2 N–H and O–H groups in total. The van der Waals surface area contributed by atoms with E-state index < -0.39 is 0 Å². The molecule has 0 amide bonds. The number of nitrogens with two attached hydrogens (primary N) is 1. The maximum absolute atomic E-state index is 5.95. The van der Waals surface area contributed by atoms with E-state index in [9.17, 15) is 0 Å². The van der Waals surface area contributed by atoms with Gasteiger partial charge in [0.15, 0.2) is 5.82 Å². The lowest BCUT2D eigenvalue weighted by atomic mass is 9.95. The smallest absolute Gasteiger partial charge is 0.150 e. The lowest BCUT2D eigenvalue weighted by Crippen LogP contribution is -2.69. The molecule has 1 saturated heterocycles. The topological polar surface area (TPSA) is 47.1 Å². The molecule has 0 atom stereocenters. The number of quaternary nitrogens is 1. The van der Waals surface area contributed by atoms with Crippen LogP contribution in [0.4, 0.5) is 5.82 Å². The average Bonchev–Trinajstić information content (AvgIpc) is 2.43. The van der Waals surface area contributed by atoms with Gasteiger partial charge in [0.1, 0.15) is 18.3 Å². The van der Waals surface area contributed by atoms with Crippen LogP contribution in [0.1, 0.15) is 26.5 Å². The third-order valence-corrected chi connectivity index (χ3v) is 4.45. The molecule has 0 spiro atoms. The second-order valence-corrected chi connectivity index (χ2v) is 7.35. The van der Waals surface area contributed by atoms with Crippen LogP contribution < -0.4 is 5.73 Å².